The van der Waals surface area contributed by atoms with Crippen molar-refractivity contribution in [1.82, 2.24) is 5.32 Å². The van der Waals surface area contributed by atoms with Crippen LogP contribution in [0.1, 0.15) is 25.7 Å². The molecule has 0 unspecified atom stereocenters. The number of piperidine rings is 1. The molecule has 0 bridgehead atoms. The summed E-state index contributed by atoms with van der Waals surface area (Å²) >= 11 is 0. The Morgan fingerprint density at radius 1 is 0.957 bits per heavy atom. The molecule has 4 nitrogen and oxygen atoms in total. The van der Waals surface area contributed by atoms with Gasteiger partial charge in [-0.15, -0.1) is 0 Å². The Balaban J connectivity index is 1.64. The van der Waals surface area contributed by atoms with Gasteiger partial charge in [0, 0.05) is 30.9 Å². The Labute approximate surface area is 133 Å². The van der Waals surface area contributed by atoms with Crippen LogP contribution >= 0.6 is 0 Å². The van der Waals surface area contributed by atoms with E-state index >= 15 is 0 Å². The van der Waals surface area contributed by atoms with Gasteiger partial charge in [-0.05, 0) is 49.9 Å². The highest BCUT2D eigenvalue weighted by Gasteiger charge is 2.46. The quantitative estimate of drug-likeness (QED) is 0.909. The first kappa shape index (κ1) is 16.6. The summed E-state index contributed by atoms with van der Waals surface area (Å²) in [4.78, 5) is 1.37. The van der Waals surface area contributed by atoms with Crippen molar-refractivity contribution in [1.29, 1.82) is 0 Å². The van der Waals surface area contributed by atoms with Crippen LogP contribution in [0.5, 0.6) is 0 Å². The number of alkyl halides is 3. The second kappa shape index (κ2) is 5.98. The SMILES string of the molecule is O=S(=O)(c1ccc(N2CCC(NC3CC3)CC2)cc1)C(F)(F)F. The van der Waals surface area contributed by atoms with Crippen LogP contribution < -0.4 is 10.2 Å². The Hall–Kier alpha value is -1.28. The summed E-state index contributed by atoms with van der Waals surface area (Å²) < 4.78 is 60.3. The first-order chi connectivity index (χ1) is 10.8. The van der Waals surface area contributed by atoms with E-state index in [0.717, 1.165) is 43.8 Å². The molecule has 0 amide bonds. The van der Waals surface area contributed by atoms with E-state index in [1.807, 2.05) is 0 Å². The number of rotatable bonds is 4. The van der Waals surface area contributed by atoms with Crippen LogP contribution in [0.15, 0.2) is 29.2 Å². The molecule has 1 saturated carbocycles. The Kier molecular flexibility index (Phi) is 4.31. The van der Waals surface area contributed by atoms with E-state index in [0.29, 0.717) is 12.1 Å². The van der Waals surface area contributed by atoms with Crippen LogP contribution in [0.2, 0.25) is 0 Å². The predicted octanol–water partition coefficient (Wildman–Crippen LogP) is 2.70. The zero-order valence-electron chi connectivity index (χ0n) is 12.5. The van der Waals surface area contributed by atoms with Gasteiger partial charge in [0.25, 0.3) is 9.84 Å². The number of hydrogen-bond donors (Lipinski definition) is 1. The van der Waals surface area contributed by atoms with Gasteiger partial charge in [0.2, 0.25) is 0 Å². The molecular formula is C15H19F3N2O2S. The summed E-state index contributed by atoms with van der Waals surface area (Å²) in [7, 11) is -5.27. The number of halogens is 3. The minimum absolute atomic E-state index is 0.503. The van der Waals surface area contributed by atoms with Crippen LogP contribution in [-0.2, 0) is 9.84 Å². The van der Waals surface area contributed by atoms with Crippen molar-refractivity contribution in [3.8, 4) is 0 Å². The third-order valence-electron chi connectivity index (χ3n) is 4.36. The number of nitrogens with one attached hydrogen (secondary N) is 1. The highest BCUT2D eigenvalue weighted by molar-refractivity contribution is 7.92. The van der Waals surface area contributed by atoms with E-state index in [4.69, 9.17) is 0 Å². The minimum Gasteiger partial charge on any atom is -0.371 e. The molecule has 128 valence electrons. The fourth-order valence-electron chi connectivity index (χ4n) is 2.86. The molecule has 1 saturated heterocycles. The second-order valence-corrected chi connectivity index (χ2v) is 8.09. The van der Waals surface area contributed by atoms with Crippen molar-refractivity contribution in [2.24, 2.45) is 0 Å². The maximum Gasteiger partial charge on any atom is 0.501 e. The first-order valence-corrected chi connectivity index (χ1v) is 9.18. The summed E-state index contributed by atoms with van der Waals surface area (Å²) in [5.74, 6) is 0. The predicted molar refractivity (Wildman–Crippen MR) is 81.1 cm³/mol. The summed E-state index contributed by atoms with van der Waals surface area (Å²) in [6.45, 7) is 1.63. The van der Waals surface area contributed by atoms with Gasteiger partial charge in [0.15, 0.2) is 0 Å². The highest BCUT2D eigenvalue weighted by atomic mass is 32.2. The van der Waals surface area contributed by atoms with Crippen LogP contribution in [0.4, 0.5) is 18.9 Å². The molecule has 0 atom stereocenters. The normalized spacial score (nSPS) is 20.7. The zero-order chi connectivity index (χ0) is 16.7. The number of sulfone groups is 1. The first-order valence-electron chi connectivity index (χ1n) is 7.70. The maximum atomic E-state index is 12.5. The molecule has 2 aliphatic rings. The van der Waals surface area contributed by atoms with Gasteiger partial charge >= 0.3 is 5.51 Å². The van der Waals surface area contributed by atoms with Crippen LogP contribution in [0.25, 0.3) is 0 Å². The molecule has 0 aromatic heterocycles. The van der Waals surface area contributed by atoms with E-state index in [1.54, 1.807) is 0 Å². The van der Waals surface area contributed by atoms with Crippen molar-refractivity contribution in [2.75, 3.05) is 18.0 Å². The van der Waals surface area contributed by atoms with Crippen molar-refractivity contribution in [2.45, 2.75) is 48.2 Å². The molecule has 1 aromatic rings. The van der Waals surface area contributed by atoms with Crippen LogP contribution in [0, 0.1) is 0 Å². The van der Waals surface area contributed by atoms with E-state index in [2.05, 4.69) is 10.2 Å². The molecule has 2 fully saturated rings. The number of nitrogens with zero attached hydrogens (tertiary/aromatic N) is 1. The third-order valence-corrected chi connectivity index (χ3v) is 5.86. The van der Waals surface area contributed by atoms with Gasteiger partial charge in [0.1, 0.15) is 0 Å². The van der Waals surface area contributed by atoms with Gasteiger partial charge in [-0.3, -0.25) is 0 Å². The summed E-state index contributed by atoms with van der Waals surface area (Å²) in [6, 6.07) is 6.14. The fraction of sp³-hybridized carbons (Fsp3) is 0.600. The Morgan fingerprint density at radius 3 is 1.96 bits per heavy atom. The highest BCUT2D eigenvalue weighted by Crippen LogP contribution is 2.31. The van der Waals surface area contributed by atoms with Crippen molar-refractivity contribution >= 4 is 15.5 Å². The fourth-order valence-corrected chi connectivity index (χ4v) is 3.62. The van der Waals surface area contributed by atoms with Gasteiger partial charge < -0.3 is 10.2 Å². The van der Waals surface area contributed by atoms with E-state index in [-0.39, 0.29) is 0 Å². The average Bonchev–Trinajstić information content (AvgIpc) is 3.31. The largest absolute Gasteiger partial charge is 0.501 e. The molecule has 3 rings (SSSR count). The topological polar surface area (TPSA) is 49.4 Å². The lowest BCUT2D eigenvalue weighted by molar-refractivity contribution is -0.0436. The molecule has 23 heavy (non-hydrogen) atoms. The van der Waals surface area contributed by atoms with E-state index < -0.39 is 20.2 Å². The number of hydrogen-bond acceptors (Lipinski definition) is 4. The molecule has 8 heteroatoms. The number of benzene rings is 1. The van der Waals surface area contributed by atoms with Crippen molar-refractivity contribution in [3.63, 3.8) is 0 Å². The molecular weight excluding hydrogens is 329 g/mol. The summed E-state index contributed by atoms with van der Waals surface area (Å²) in [5.41, 5.74) is -4.50. The van der Waals surface area contributed by atoms with Gasteiger partial charge in [0.05, 0.1) is 4.90 Å². The summed E-state index contributed by atoms with van der Waals surface area (Å²) in [6.07, 6.45) is 4.46. The Bertz CT molecular complexity index is 646. The molecule has 0 spiro atoms. The molecule has 1 heterocycles. The maximum absolute atomic E-state index is 12.5. The number of anilines is 1. The standard InChI is InChI=1S/C15H19F3N2O2S/c16-15(17,18)23(21,22)14-5-3-13(4-6-14)20-9-7-12(8-10-20)19-11-1-2-11/h3-6,11-12,19H,1-2,7-10H2. The van der Waals surface area contributed by atoms with Gasteiger partial charge in [-0.1, -0.05) is 0 Å². The van der Waals surface area contributed by atoms with Crippen LogP contribution in [0.3, 0.4) is 0 Å². The van der Waals surface area contributed by atoms with E-state index in [9.17, 15) is 21.6 Å². The minimum atomic E-state index is -5.27. The van der Waals surface area contributed by atoms with Crippen molar-refractivity contribution in [3.05, 3.63) is 24.3 Å². The van der Waals surface area contributed by atoms with Crippen LogP contribution in [-0.4, -0.2) is 39.1 Å². The second-order valence-electron chi connectivity index (χ2n) is 6.15. The lowest BCUT2D eigenvalue weighted by Crippen LogP contribution is -2.43. The third kappa shape index (κ3) is 3.63. The smallest absolute Gasteiger partial charge is 0.371 e. The van der Waals surface area contributed by atoms with Gasteiger partial charge in [-0.25, -0.2) is 8.42 Å². The molecule has 1 aliphatic carbocycles. The molecule has 1 aromatic carbocycles. The lowest BCUT2D eigenvalue weighted by Gasteiger charge is -2.34. The zero-order valence-corrected chi connectivity index (χ0v) is 13.3. The molecule has 1 N–H and O–H groups in total. The summed E-state index contributed by atoms with van der Waals surface area (Å²) in [5, 5.41) is 3.58. The Morgan fingerprint density at radius 2 is 1.48 bits per heavy atom. The lowest BCUT2D eigenvalue weighted by atomic mass is 10.0. The monoisotopic (exact) mass is 348 g/mol. The van der Waals surface area contributed by atoms with E-state index in [1.165, 1.54) is 25.0 Å². The average molecular weight is 348 g/mol. The molecule has 1 aliphatic heterocycles. The van der Waals surface area contributed by atoms with Gasteiger partial charge in [-0.2, -0.15) is 13.2 Å². The van der Waals surface area contributed by atoms with Crippen molar-refractivity contribution < 1.29 is 21.6 Å². The molecule has 0 radical (unpaired) electrons.